The number of nitrogens with one attached hydrogen (secondary N) is 1. The SMILES string of the molecule is CC[C@H](C)S(=O)(=O)NC(=O)CCc1cccs1. The topological polar surface area (TPSA) is 63.2 Å². The molecule has 96 valence electrons. The van der Waals surface area contributed by atoms with Crippen molar-refractivity contribution in [2.45, 2.75) is 38.4 Å². The Morgan fingerprint density at radius 1 is 1.53 bits per heavy atom. The zero-order chi connectivity index (χ0) is 12.9. The minimum Gasteiger partial charge on any atom is -0.274 e. The molecular weight excluding hydrogens is 258 g/mol. The van der Waals surface area contributed by atoms with Gasteiger partial charge in [0.05, 0.1) is 5.25 Å². The lowest BCUT2D eigenvalue weighted by Crippen LogP contribution is -2.36. The summed E-state index contributed by atoms with van der Waals surface area (Å²) in [7, 11) is -3.50. The highest BCUT2D eigenvalue weighted by atomic mass is 32.2. The molecule has 0 aliphatic rings. The molecule has 0 spiro atoms. The van der Waals surface area contributed by atoms with Gasteiger partial charge in [0, 0.05) is 11.3 Å². The molecule has 0 fully saturated rings. The molecule has 0 unspecified atom stereocenters. The van der Waals surface area contributed by atoms with Gasteiger partial charge in [-0.25, -0.2) is 8.42 Å². The Kier molecular flexibility index (Phi) is 5.14. The van der Waals surface area contributed by atoms with Gasteiger partial charge in [-0.3, -0.25) is 9.52 Å². The van der Waals surface area contributed by atoms with Crippen LogP contribution in [0.1, 0.15) is 31.6 Å². The van der Waals surface area contributed by atoms with E-state index in [4.69, 9.17) is 0 Å². The third-order valence-corrected chi connectivity index (χ3v) is 5.38. The number of hydrogen-bond donors (Lipinski definition) is 1. The predicted molar refractivity (Wildman–Crippen MR) is 69.5 cm³/mol. The Bertz CT molecular complexity index is 451. The zero-order valence-electron chi connectivity index (χ0n) is 9.97. The highest BCUT2D eigenvalue weighted by Crippen LogP contribution is 2.11. The summed E-state index contributed by atoms with van der Waals surface area (Å²) in [6.45, 7) is 3.37. The quantitative estimate of drug-likeness (QED) is 0.862. The monoisotopic (exact) mass is 275 g/mol. The molecule has 0 radical (unpaired) electrons. The molecule has 1 aromatic rings. The highest BCUT2D eigenvalue weighted by molar-refractivity contribution is 7.90. The van der Waals surface area contributed by atoms with Crippen LogP contribution in [0.4, 0.5) is 0 Å². The van der Waals surface area contributed by atoms with Gasteiger partial charge in [0.2, 0.25) is 15.9 Å². The molecular formula is C11H17NO3S2. The fourth-order valence-corrected chi connectivity index (χ4v) is 2.99. The van der Waals surface area contributed by atoms with Gasteiger partial charge in [-0.1, -0.05) is 13.0 Å². The summed E-state index contributed by atoms with van der Waals surface area (Å²) in [5.41, 5.74) is 0. The van der Waals surface area contributed by atoms with Gasteiger partial charge < -0.3 is 0 Å². The Morgan fingerprint density at radius 2 is 2.24 bits per heavy atom. The minimum absolute atomic E-state index is 0.205. The van der Waals surface area contributed by atoms with Crippen molar-refractivity contribution in [1.82, 2.24) is 4.72 Å². The molecule has 1 atom stereocenters. The molecule has 0 bridgehead atoms. The summed E-state index contributed by atoms with van der Waals surface area (Å²) in [6.07, 6.45) is 1.28. The molecule has 1 amide bonds. The van der Waals surface area contributed by atoms with Gasteiger partial charge in [0.25, 0.3) is 0 Å². The summed E-state index contributed by atoms with van der Waals surface area (Å²) in [4.78, 5) is 12.6. The molecule has 0 aliphatic carbocycles. The standard InChI is InChI=1S/C11H17NO3S2/c1-3-9(2)17(14,15)12-11(13)7-6-10-5-4-8-16-10/h4-5,8-9H,3,6-7H2,1-2H3,(H,12,13)/t9-/m0/s1. The summed E-state index contributed by atoms with van der Waals surface area (Å²) >= 11 is 1.56. The second kappa shape index (κ2) is 6.16. The van der Waals surface area contributed by atoms with E-state index < -0.39 is 21.2 Å². The van der Waals surface area contributed by atoms with Crippen LogP contribution in [-0.4, -0.2) is 19.6 Å². The number of aryl methyl sites for hydroxylation is 1. The Morgan fingerprint density at radius 3 is 2.76 bits per heavy atom. The number of thiophene rings is 1. The van der Waals surface area contributed by atoms with Gasteiger partial charge >= 0.3 is 0 Å². The van der Waals surface area contributed by atoms with E-state index in [-0.39, 0.29) is 6.42 Å². The number of carbonyl (C=O) groups excluding carboxylic acids is 1. The van der Waals surface area contributed by atoms with Crippen LogP contribution in [0.15, 0.2) is 17.5 Å². The van der Waals surface area contributed by atoms with E-state index >= 15 is 0 Å². The smallest absolute Gasteiger partial charge is 0.237 e. The van der Waals surface area contributed by atoms with Crippen molar-refractivity contribution in [3.8, 4) is 0 Å². The number of rotatable bonds is 6. The number of sulfonamides is 1. The zero-order valence-corrected chi connectivity index (χ0v) is 11.6. The fraction of sp³-hybridized carbons (Fsp3) is 0.545. The van der Waals surface area contributed by atoms with Gasteiger partial charge in [0.15, 0.2) is 0 Å². The first kappa shape index (κ1) is 14.2. The maximum atomic E-state index is 11.6. The van der Waals surface area contributed by atoms with Crippen molar-refractivity contribution in [2.75, 3.05) is 0 Å². The van der Waals surface area contributed by atoms with Crippen LogP contribution in [0, 0.1) is 0 Å². The van der Waals surface area contributed by atoms with Crippen molar-refractivity contribution in [1.29, 1.82) is 0 Å². The summed E-state index contributed by atoms with van der Waals surface area (Å²) in [5, 5.41) is 1.40. The Balaban J connectivity index is 2.45. The van der Waals surface area contributed by atoms with Crippen LogP contribution in [0.2, 0.25) is 0 Å². The van der Waals surface area contributed by atoms with E-state index in [0.29, 0.717) is 12.8 Å². The molecule has 0 aromatic carbocycles. The van der Waals surface area contributed by atoms with E-state index in [1.165, 1.54) is 0 Å². The van der Waals surface area contributed by atoms with Crippen molar-refractivity contribution < 1.29 is 13.2 Å². The molecule has 1 N–H and O–H groups in total. The lowest BCUT2D eigenvalue weighted by atomic mass is 10.2. The first-order valence-electron chi connectivity index (χ1n) is 5.52. The molecule has 0 saturated heterocycles. The van der Waals surface area contributed by atoms with Crippen LogP contribution in [0.3, 0.4) is 0 Å². The van der Waals surface area contributed by atoms with Gasteiger partial charge in [-0.05, 0) is 31.2 Å². The lowest BCUT2D eigenvalue weighted by molar-refractivity contribution is -0.119. The summed E-state index contributed by atoms with van der Waals surface area (Å²) < 4.78 is 25.3. The molecule has 17 heavy (non-hydrogen) atoms. The average molecular weight is 275 g/mol. The van der Waals surface area contributed by atoms with Crippen LogP contribution in [0.25, 0.3) is 0 Å². The molecule has 0 aliphatic heterocycles. The molecule has 1 rings (SSSR count). The lowest BCUT2D eigenvalue weighted by Gasteiger charge is -2.11. The second-order valence-corrected chi connectivity index (χ2v) is 7.00. The largest absolute Gasteiger partial charge is 0.274 e. The minimum atomic E-state index is -3.50. The van der Waals surface area contributed by atoms with Crippen molar-refractivity contribution in [3.63, 3.8) is 0 Å². The van der Waals surface area contributed by atoms with E-state index in [0.717, 1.165) is 4.88 Å². The normalized spacial score (nSPS) is 13.3. The van der Waals surface area contributed by atoms with Crippen molar-refractivity contribution in [2.24, 2.45) is 0 Å². The number of amides is 1. The second-order valence-electron chi connectivity index (χ2n) is 3.87. The van der Waals surface area contributed by atoms with E-state index in [1.807, 2.05) is 17.5 Å². The van der Waals surface area contributed by atoms with Gasteiger partial charge in [-0.15, -0.1) is 11.3 Å². The third kappa shape index (κ3) is 4.47. The predicted octanol–water partition coefficient (Wildman–Crippen LogP) is 1.93. The first-order chi connectivity index (χ1) is 7.95. The van der Waals surface area contributed by atoms with Crippen LogP contribution in [0.5, 0.6) is 0 Å². The molecule has 6 heteroatoms. The van der Waals surface area contributed by atoms with E-state index in [9.17, 15) is 13.2 Å². The van der Waals surface area contributed by atoms with Crippen molar-refractivity contribution >= 4 is 27.3 Å². The van der Waals surface area contributed by atoms with Crippen molar-refractivity contribution in [3.05, 3.63) is 22.4 Å². The fourth-order valence-electron chi connectivity index (χ4n) is 1.22. The highest BCUT2D eigenvalue weighted by Gasteiger charge is 2.20. The Labute approximate surface area is 106 Å². The summed E-state index contributed by atoms with van der Waals surface area (Å²) in [6, 6.07) is 3.84. The molecule has 0 saturated carbocycles. The maximum Gasteiger partial charge on any atom is 0.237 e. The van der Waals surface area contributed by atoms with Crippen LogP contribution >= 0.6 is 11.3 Å². The average Bonchev–Trinajstić information content (AvgIpc) is 2.77. The summed E-state index contributed by atoms with van der Waals surface area (Å²) in [5.74, 6) is -0.432. The molecule has 1 aromatic heterocycles. The van der Waals surface area contributed by atoms with E-state index in [2.05, 4.69) is 4.72 Å². The molecule has 4 nitrogen and oxygen atoms in total. The Hall–Kier alpha value is -0.880. The van der Waals surface area contributed by atoms with Crippen LogP contribution in [-0.2, 0) is 21.2 Å². The van der Waals surface area contributed by atoms with E-state index in [1.54, 1.807) is 25.2 Å². The van der Waals surface area contributed by atoms with Crippen LogP contribution < -0.4 is 4.72 Å². The maximum absolute atomic E-state index is 11.6. The number of carbonyl (C=O) groups is 1. The number of hydrogen-bond acceptors (Lipinski definition) is 4. The molecule has 1 heterocycles. The van der Waals surface area contributed by atoms with Gasteiger partial charge in [-0.2, -0.15) is 0 Å². The first-order valence-corrected chi connectivity index (χ1v) is 7.95. The van der Waals surface area contributed by atoms with Gasteiger partial charge in [0.1, 0.15) is 0 Å². The third-order valence-electron chi connectivity index (χ3n) is 2.54.